The van der Waals surface area contributed by atoms with Crippen molar-refractivity contribution in [2.75, 3.05) is 0 Å². The van der Waals surface area contributed by atoms with Crippen LogP contribution in [0.1, 0.15) is 0 Å². The van der Waals surface area contributed by atoms with Crippen LogP contribution in [0.5, 0.6) is 5.75 Å². The maximum absolute atomic E-state index is 8.94. The molecule has 1 aromatic rings. The standard InChI is InChI=1S/C6H5ClOS.Na.H/c7-4-1-2-6(9)5(8)3-4;;/h1-3,8-9H;;. The van der Waals surface area contributed by atoms with Crippen molar-refractivity contribution in [3.63, 3.8) is 0 Å². The average Bonchev–Trinajstić information content (AvgIpc) is 1.80. The van der Waals surface area contributed by atoms with E-state index in [0.29, 0.717) is 9.92 Å². The molecule has 0 amide bonds. The fraction of sp³-hybridized carbons (Fsp3) is 0. The molecule has 0 aliphatic heterocycles. The molecule has 4 heteroatoms. The summed E-state index contributed by atoms with van der Waals surface area (Å²) < 4.78 is 0. The van der Waals surface area contributed by atoms with Gasteiger partial charge in [-0.05, 0) is 18.2 Å². The number of aromatic hydroxyl groups is 1. The number of thiol groups is 1. The van der Waals surface area contributed by atoms with Crippen LogP contribution in [0.4, 0.5) is 0 Å². The SMILES string of the molecule is Oc1cc(Cl)ccc1S.[NaH]. The van der Waals surface area contributed by atoms with Gasteiger partial charge in [0.2, 0.25) is 0 Å². The molecule has 0 aliphatic rings. The van der Waals surface area contributed by atoms with Crippen molar-refractivity contribution >= 4 is 53.8 Å². The molecular formula is C6H6ClNaOS. The molecule has 0 saturated heterocycles. The van der Waals surface area contributed by atoms with Gasteiger partial charge in [0.25, 0.3) is 0 Å². The molecule has 1 rings (SSSR count). The fourth-order valence-corrected chi connectivity index (χ4v) is 0.802. The van der Waals surface area contributed by atoms with E-state index < -0.39 is 0 Å². The Labute approximate surface area is 92.1 Å². The van der Waals surface area contributed by atoms with Crippen LogP contribution in [0, 0.1) is 0 Å². The van der Waals surface area contributed by atoms with E-state index in [-0.39, 0.29) is 35.3 Å². The van der Waals surface area contributed by atoms with E-state index in [1.807, 2.05) is 0 Å². The van der Waals surface area contributed by atoms with E-state index in [9.17, 15) is 0 Å². The molecule has 0 saturated carbocycles. The minimum atomic E-state index is 0. The third-order valence-corrected chi connectivity index (χ3v) is 1.55. The Balaban J connectivity index is 0.000000810. The van der Waals surface area contributed by atoms with Crippen LogP contribution in [0.15, 0.2) is 23.1 Å². The molecule has 1 nitrogen and oxygen atoms in total. The molecule has 10 heavy (non-hydrogen) atoms. The monoisotopic (exact) mass is 184 g/mol. The van der Waals surface area contributed by atoms with Gasteiger partial charge in [0.1, 0.15) is 5.75 Å². The third kappa shape index (κ3) is 2.72. The molecule has 0 aromatic heterocycles. The van der Waals surface area contributed by atoms with Crippen molar-refractivity contribution in [3.05, 3.63) is 23.2 Å². The Morgan fingerprint density at radius 2 is 2.00 bits per heavy atom. The molecule has 0 fully saturated rings. The molecule has 1 N–H and O–H groups in total. The minimum absolute atomic E-state index is 0. The van der Waals surface area contributed by atoms with E-state index >= 15 is 0 Å². The third-order valence-electron chi connectivity index (χ3n) is 0.937. The Kier molecular flexibility index (Phi) is 4.82. The molecule has 0 atom stereocenters. The Morgan fingerprint density at radius 3 is 2.40 bits per heavy atom. The first-order valence-corrected chi connectivity index (χ1v) is 3.20. The summed E-state index contributed by atoms with van der Waals surface area (Å²) in [6.45, 7) is 0. The number of phenols is 1. The van der Waals surface area contributed by atoms with Crippen LogP contribution in [0.25, 0.3) is 0 Å². The second kappa shape index (κ2) is 4.52. The molecule has 0 radical (unpaired) electrons. The Hall–Kier alpha value is 0.660. The van der Waals surface area contributed by atoms with Gasteiger partial charge in [-0.25, -0.2) is 0 Å². The predicted octanol–water partition coefficient (Wildman–Crippen LogP) is 1.69. The zero-order valence-corrected chi connectivity index (χ0v) is 6.15. The summed E-state index contributed by atoms with van der Waals surface area (Å²) in [4.78, 5) is 0.541. The van der Waals surface area contributed by atoms with Crippen LogP contribution < -0.4 is 0 Å². The van der Waals surface area contributed by atoms with Crippen LogP contribution in [-0.4, -0.2) is 34.7 Å². The molecule has 50 valence electrons. The number of benzene rings is 1. The van der Waals surface area contributed by atoms with Crippen LogP contribution in [0.3, 0.4) is 0 Å². The van der Waals surface area contributed by atoms with E-state index in [0.717, 1.165) is 0 Å². The first-order chi connectivity index (χ1) is 4.20. The molecule has 0 spiro atoms. The van der Waals surface area contributed by atoms with Crippen LogP contribution >= 0.6 is 24.2 Å². The molecule has 0 bridgehead atoms. The van der Waals surface area contributed by atoms with Gasteiger partial charge in [-0.15, -0.1) is 12.6 Å². The first-order valence-electron chi connectivity index (χ1n) is 2.37. The summed E-state index contributed by atoms with van der Waals surface area (Å²) in [6.07, 6.45) is 0. The van der Waals surface area contributed by atoms with Crippen molar-refractivity contribution in [1.82, 2.24) is 0 Å². The van der Waals surface area contributed by atoms with E-state index in [4.69, 9.17) is 16.7 Å². The molecule has 1 aromatic carbocycles. The second-order valence-corrected chi connectivity index (χ2v) is 2.55. The van der Waals surface area contributed by atoms with Crippen molar-refractivity contribution < 1.29 is 5.11 Å². The summed E-state index contributed by atoms with van der Waals surface area (Å²) in [6, 6.07) is 4.76. The number of hydrogen-bond donors (Lipinski definition) is 2. The van der Waals surface area contributed by atoms with Crippen molar-refractivity contribution in [3.8, 4) is 5.75 Å². The molecule has 0 heterocycles. The van der Waals surface area contributed by atoms with Gasteiger partial charge in [0.05, 0.1) is 0 Å². The summed E-state index contributed by atoms with van der Waals surface area (Å²) in [5.74, 6) is 0.117. The molecule has 0 aliphatic carbocycles. The number of hydrogen-bond acceptors (Lipinski definition) is 2. The second-order valence-electron chi connectivity index (χ2n) is 1.63. The Morgan fingerprint density at radius 1 is 1.40 bits per heavy atom. The average molecular weight is 185 g/mol. The topological polar surface area (TPSA) is 20.2 Å². The summed E-state index contributed by atoms with van der Waals surface area (Å²) >= 11 is 9.46. The van der Waals surface area contributed by atoms with Gasteiger partial charge in [0.15, 0.2) is 0 Å². The first kappa shape index (κ1) is 10.7. The van der Waals surface area contributed by atoms with Gasteiger partial charge in [-0.3, -0.25) is 0 Å². The van der Waals surface area contributed by atoms with Gasteiger partial charge >= 0.3 is 29.6 Å². The van der Waals surface area contributed by atoms with Crippen LogP contribution in [0.2, 0.25) is 5.02 Å². The molecular weight excluding hydrogens is 179 g/mol. The van der Waals surface area contributed by atoms with Crippen LogP contribution in [-0.2, 0) is 0 Å². The predicted molar refractivity (Wildman–Crippen MR) is 47.5 cm³/mol. The summed E-state index contributed by atoms with van der Waals surface area (Å²) in [7, 11) is 0. The zero-order valence-electron chi connectivity index (χ0n) is 4.50. The van der Waals surface area contributed by atoms with Crippen molar-refractivity contribution in [1.29, 1.82) is 0 Å². The van der Waals surface area contributed by atoms with Gasteiger partial charge in [0, 0.05) is 9.92 Å². The van der Waals surface area contributed by atoms with Crippen molar-refractivity contribution in [2.24, 2.45) is 0 Å². The summed E-state index contributed by atoms with van der Waals surface area (Å²) in [5, 5.41) is 9.46. The number of halogens is 1. The maximum atomic E-state index is 8.94. The summed E-state index contributed by atoms with van der Waals surface area (Å²) in [5.41, 5.74) is 0. The Bertz CT molecular complexity index is 229. The number of phenolic OH excluding ortho intramolecular Hbond substituents is 1. The van der Waals surface area contributed by atoms with Gasteiger partial charge in [-0.2, -0.15) is 0 Å². The van der Waals surface area contributed by atoms with E-state index in [1.165, 1.54) is 6.07 Å². The van der Waals surface area contributed by atoms with Gasteiger partial charge in [-0.1, -0.05) is 11.6 Å². The van der Waals surface area contributed by atoms with E-state index in [2.05, 4.69) is 12.6 Å². The van der Waals surface area contributed by atoms with Gasteiger partial charge < -0.3 is 5.11 Å². The molecule has 0 unspecified atom stereocenters. The zero-order chi connectivity index (χ0) is 6.85. The normalized spacial score (nSPS) is 8.60. The van der Waals surface area contributed by atoms with E-state index in [1.54, 1.807) is 12.1 Å². The quantitative estimate of drug-likeness (QED) is 0.465. The fourth-order valence-electron chi connectivity index (χ4n) is 0.497. The van der Waals surface area contributed by atoms with Crippen molar-refractivity contribution in [2.45, 2.75) is 4.90 Å². The number of rotatable bonds is 0.